The van der Waals surface area contributed by atoms with Crippen molar-refractivity contribution in [1.82, 2.24) is 0 Å². The van der Waals surface area contributed by atoms with Crippen LogP contribution < -0.4 is 15.4 Å². The summed E-state index contributed by atoms with van der Waals surface area (Å²) in [7, 11) is 0. The first-order valence-corrected chi connectivity index (χ1v) is 7.99. The number of benzene rings is 2. The molecule has 0 aliphatic rings. The average molecular weight is 443 g/mol. The predicted octanol–water partition coefficient (Wildman–Crippen LogP) is 4.85. The molecule has 2 N–H and O–H groups in total. The van der Waals surface area contributed by atoms with E-state index in [4.69, 9.17) is 17.3 Å². The molecule has 0 heterocycles. The van der Waals surface area contributed by atoms with Gasteiger partial charge in [0.15, 0.2) is 0 Å². The summed E-state index contributed by atoms with van der Waals surface area (Å²) < 4.78 is 70.8. The molecule has 2 rings (SSSR count). The number of halogens is 7. The first kappa shape index (κ1) is 21.7. The zero-order valence-corrected chi connectivity index (χ0v) is 14.9. The van der Waals surface area contributed by atoms with Crippen molar-refractivity contribution in [2.24, 2.45) is 5.73 Å². The Hall–Kier alpha value is -2.59. The maximum absolute atomic E-state index is 13.8. The first-order chi connectivity index (χ1) is 13.0. The molecule has 0 aromatic heterocycles. The molecule has 12 heteroatoms. The minimum atomic E-state index is -4.43. The Morgan fingerprint density at radius 2 is 1.71 bits per heavy atom. The van der Waals surface area contributed by atoms with Crippen LogP contribution in [0.1, 0.15) is 10.4 Å². The molecule has 0 saturated heterocycles. The van der Waals surface area contributed by atoms with Crippen molar-refractivity contribution in [2.45, 2.75) is 11.7 Å². The first-order valence-electron chi connectivity index (χ1n) is 7.18. The molecule has 0 saturated carbocycles. The fraction of sp³-hybridized carbons (Fsp3) is 0.125. The predicted molar refractivity (Wildman–Crippen MR) is 90.5 cm³/mol. The maximum atomic E-state index is 13.8. The highest BCUT2D eigenvalue weighted by Crippen LogP contribution is 2.36. The molecule has 3 amide bonds. The topological polar surface area (TPSA) is 72.6 Å². The van der Waals surface area contributed by atoms with E-state index in [1.807, 2.05) is 0 Å². The van der Waals surface area contributed by atoms with Crippen LogP contribution in [0, 0.1) is 11.6 Å². The van der Waals surface area contributed by atoms with Gasteiger partial charge in [-0.05, 0) is 30.3 Å². The summed E-state index contributed by atoms with van der Waals surface area (Å²) in [5, 5.41) is -0.595. The molecule has 0 aliphatic carbocycles. The highest BCUT2D eigenvalue weighted by Gasteiger charge is 2.42. The number of carbonyl (C=O) groups is 2. The second-order valence-electron chi connectivity index (χ2n) is 5.15. The van der Waals surface area contributed by atoms with Crippen LogP contribution >= 0.6 is 23.2 Å². The summed E-state index contributed by atoms with van der Waals surface area (Å²) in [6, 6.07) is 3.50. The van der Waals surface area contributed by atoms with Gasteiger partial charge in [0.2, 0.25) is 0 Å². The van der Waals surface area contributed by atoms with Gasteiger partial charge in [-0.1, -0.05) is 29.3 Å². The van der Waals surface area contributed by atoms with Crippen LogP contribution in [0.25, 0.3) is 0 Å². The van der Waals surface area contributed by atoms with Crippen molar-refractivity contribution >= 4 is 40.8 Å². The van der Waals surface area contributed by atoms with Crippen LogP contribution in [-0.2, 0) is 0 Å². The van der Waals surface area contributed by atoms with Crippen molar-refractivity contribution in [3.63, 3.8) is 0 Å². The number of rotatable bonds is 5. The van der Waals surface area contributed by atoms with Gasteiger partial charge in [-0.15, -0.1) is 0 Å². The number of hydrogen-bond acceptors (Lipinski definition) is 3. The quantitative estimate of drug-likeness (QED) is 0.531. The Labute approximate surface area is 164 Å². The molecule has 150 valence electrons. The molecule has 28 heavy (non-hydrogen) atoms. The number of carbonyl (C=O) groups excluding carboxylic acids is 2. The Bertz CT molecular complexity index is 907. The monoisotopic (exact) mass is 442 g/mol. The summed E-state index contributed by atoms with van der Waals surface area (Å²) in [5.41, 5.74) is 0.422. The fourth-order valence-corrected chi connectivity index (χ4v) is 2.32. The van der Waals surface area contributed by atoms with E-state index >= 15 is 0 Å². The van der Waals surface area contributed by atoms with Gasteiger partial charge in [-0.25, -0.2) is 22.9 Å². The Morgan fingerprint density at radius 1 is 1.14 bits per heavy atom. The van der Waals surface area contributed by atoms with Gasteiger partial charge in [-0.2, -0.15) is 8.78 Å². The number of alkyl halides is 4. The molecular formula is C16H9Cl2F5N2O3. The van der Waals surface area contributed by atoms with Gasteiger partial charge >= 0.3 is 12.1 Å². The average Bonchev–Trinajstić information content (AvgIpc) is 2.56. The lowest BCUT2D eigenvalue weighted by molar-refractivity contribution is -0.198. The summed E-state index contributed by atoms with van der Waals surface area (Å²) in [4.78, 5) is 24.3. The van der Waals surface area contributed by atoms with Gasteiger partial charge in [0, 0.05) is 0 Å². The normalized spacial score (nSPS) is 12.4. The molecule has 1 atom stereocenters. The maximum Gasteiger partial charge on any atom is 0.444 e. The molecule has 0 radical (unpaired) electrons. The smallest absolute Gasteiger partial charge is 0.428 e. The molecule has 2 aromatic carbocycles. The Kier molecular flexibility index (Phi) is 6.35. The number of amides is 3. The minimum absolute atomic E-state index is 0.162. The van der Waals surface area contributed by atoms with Crippen molar-refractivity contribution in [3.8, 4) is 5.75 Å². The van der Waals surface area contributed by atoms with Crippen molar-refractivity contribution in [2.75, 3.05) is 4.90 Å². The van der Waals surface area contributed by atoms with E-state index in [9.17, 15) is 31.5 Å². The van der Waals surface area contributed by atoms with E-state index in [1.54, 1.807) is 0 Å². The van der Waals surface area contributed by atoms with Crippen LogP contribution in [0.5, 0.6) is 5.75 Å². The molecule has 0 bridgehead atoms. The van der Waals surface area contributed by atoms with E-state index < -0.39 is 57.3 Å². The number of urea groups is 1. The standard InChI is InChI=1S/C16H9Cl2F5N2O3/c17-8-6-7(4-5-11(8)28-16(22,23)14(18)21)25(15(24)27)13(26)12-9(19)2-1-3-10(12)20/h1-6,14H,(H2,24,27). The Balaban J connectivity index is 2.44. The van der Waals surface area contributed by atoms with Crippen molar-refractivity contribution < 1.29 is 36.3 Å². The van der Waals surface area contributed by atoms with E-state index in [0.29, 0.717) is 0 Å². The number of nitrogens with two attached hydrogens (primary N) is 1. The number of nitrogens with zero attached hydrogens (tertiary/aromatic N) is 1. The second kappa shape index (κ2) is 8.19. The zero-order chi connectivity index (χ0) is 21.2. The molecule has 0 aliphatic heterocycles. The lowest BCUT2D eigenvalue weighted by Crippen LogP contribution is -2.41. The minimum Gasteiger partial charge on any atom is -0.428 e. The van der Waals surface area contributed by atoms with Crippen molar-refractivity contribution in [3.05, 3.63) is 58.6 Å². The van der Waals surface area contributed by atoms with Crippen LogP contribution in [0.2, 0.25) is 5.02 Å². The van der Waals surface area contributed by atoms with Crippen molar-refractivity contribution in [1.29, 1.82) is 0 Å². The SMILES string of the molecule is NC(=O)N(C(=O)c1c(F)cccc1F)c1ccc(OC(F)(F)C(F)Cl)c(Cl)c1. The highest BCUT2D eigenvalue weighted by molar-refractivity contribution is 6.32. The Morgan fingerprint density at radius 3 is 2.18 bits per heavy atom. The van der Waals surface area contributed by atoms with Gasteiger partial charge in [-0.3, -0.25) is 4.79 Å². The number of hydrogen-bond donors (Lipinski definition) is 1. The number of primary amides is 1. The lowest BCUT2D eigenvalue weighted by Gasteiger charge is -2.22. The summed E-state index contributed by atoms with van der Waals surface area (Å²) in [5.74, 6) is -4.74. The van der Waals surface area contributed by atoms with E-state index in [1.165, 1.54) is 0 Å². The van der Waals surface area contributed by atoms with Crippen LogP contribution in [0.15, 0.2) is 36.4 Å². The third-order valence-electron chi connectivity index (χ3n) is 3.27. The summed E-state index contributed by atoms with van der Waals surface area (Å²) >= 11 is 10.4. The third-order valence-corrected chi connectivity index (χ3v) is 3.82. The zero-order valence-electron chi connectivity index (χ0n) is 13.4. The molecular weight excluding hydrogens is 434 g/mol. The summed E-state index contributed by atoms with van der Waals surface area (Å²) in [6.07, 6.45) is -4.43. The molecule has 2 aromatic rings. The highest BCUT2D eigenvalue weighted by atomic mass is 35.5. The lowest BCUT2D eigenvalue weighted by atomic mass is 10.1. The third kappa shape index (κ3) is 4.45. The fourth-order valence-electron chi connectivity index (χ4n) is 2.06. The molecule has 1 unspecified atom stereocenters. The molecule has 5 nitrogen and oxygen atoms in total. The number of ether oxygens (including phenoxy) is 1. The summed E-state index contributed by atoms with van der Waals surface area (Å²) in [6.45, 7) is 0. The van der Waals surface area contributed by atoms with Crippen LogP contribution in [-0.4, -0.2) is 23.7 Å². The van der Waals surface area contributed by atoms with Gasteiger partial charge in [0.05, 0.1) is 10.7 Å². The van der Waals surface area contributed by atoms with Gasteiger partial charge in [0.1, 0.15) is 22.9 Å². The van der Waals surface area contributed by atoms with Crippen LogP contribution in [0.3, 0.4) is 0 Å². The molecule has 0 fully saturated rings. The van der Waals surface area contributed by atoms with Gasteiger partial charge < -0.3 is 10.5 Å². The van der Waals surface area contributed by atoms with Crippen LogP contribution in [0.4, 0.5) is 32.4 Å². The largest absolute Gasteiger partial charge is 0.444 e. The van der Waals surface area contributed by atoms with E-state index in [2.05, 4.69) is 16.3 Å². The van der Waals surface area contributed by atoms with Gasteiger partial charge in [0.25, 0.3) is 11.5 Å². The second-order valence-corrected chi connectivity index (χ2v) is 5.95. The number of imide groups is 1. The van der Waals surface area contributed by atoms with E-state index in [-0.39, 0.29) is 4.90 Å². The van der Waals surface area contributed by atoms with E-state index in [0.717, 1.165) is 36.4 Å². The number of anilines is 1. The molecule has 0 spiro atoms.